The number of rotatable bonds is 3. The molecular weight excluding hydrogens is 264 g/mol. The summed E-state index contributed by atoms with van der Waals surface area (Å²) in [6, 6.07) is 16.4. The van der Waals surface area contributed by atoms with Crippen molar-refractivity contribution in [2.75, 3.05) is 5.32 Å². The third kappa shape index (κ3) is 2.69. The van der Waals surface area contributed by atoms with Crippen LogP contribution in [0.2, 0.25) is 0 Å². The van der Waals surface area contributed by atoms with E-state index < -0.39 is 5.97 Å². The van der Waals surface area contributed by atoms with Crippen LogP contribution < -0.4 is 10.4 Å². The highest BCUT2D eigenvalue weighted by molar-refractivity contribution is 6.02. The Kier molecular flexibility index (Phi) is 3.28. The summed E-state index contributed by atoms with van der Waals surface area (Å²) in [4.78, 5) is 15.7. The van der Waals surface area contributed by atoms with Crippen LogP contribution in [0, 0.1) is 6.92 Å². The van der Waals surface area contributed by atoms with Crippen LogP contribution in [0.1, 0.15) is 15.9 Å². The van der Waals surface area contributed by atoms with Gasteiger partial charge in [-0.2, -0.15) is 0 Å². The molecule has 0 bridgehead atoms. The monoisotopic (exact) mass is 277 g/mol. The molecule has 104 valence electrons. The van der Waals surface area contributed by atoms with Crippen LogP contribution in [0.15, 0.2) is 54.6 Å². The first-order chi connectivity index (χ1) is 10.1. The van der Waals surface area contributed by atoms with Crippen molar-refractivity contribution in [1.29, 1.82) is 0 Å². The van der Waals surface area contributed by atoms with Crippen LogP contribution in [-0.4, -0.2) is 11.0 Å². The fourth-order valence-electron chi connectivity index (χ4n) is 2.19. The number of pyridine rings is 1. The van der Waals surface area contributed by atoms with Gasteiger partial charge in [0, 0.05) is 16.6 Å². The van der Waals surface area contributed by atoms with Gasteiger partial charge in [0.05, 0.1) is 11.5 Å². The predicted molar refractivity (Wildman–Crippen MR) is 80.5 cm³/mol. The van der Waals surface area contributed by atoms with E-state index in [-0.39, 0.29) is 5.56 Å². The van der Waals surface area contributed by atoms with Gasteiger partial charge in [-0.3, -0.25) is 0 Å². The Labute approximate surface area is 122 Å². The van der Waals surface area contributed by atoms with E-state index in [2.05, 4.69) is 10.3 Å². The first-order valence-corrected chi connectivity index (χ1v) is 6.58. The quantitative estimate of drug-likeness (QED) is 0.799. The van der Waals surface area contributed by atoms with Crippen LogP contribution in [0.4, 0.5) is 11.5 Å². The first-order valence-electron chi connectivity index (χ1n) is 6.58. The Hall–Kier alpha value is -2.88. The van der Waals surface area contributed by atoms with E-state index in [1.807, 2.05) is 37.3 Å². The van der Waals surface area contributed by atoms with E-state index in [0.29, 0.717) is 16.7 Å². The molecule has 21 heavy (non-hydrogen) atoms. The molecule has 0 radical (unpaired) electrons. The largest absolute Gasteiger partial charge is 0.545 e. The van der Waals surface area contributed by atoms with Crippen LogP contribution in [0.25, 0.3) is 10.9 Å². The van der Waals surface area contributed by atoms with Gasteiger partial charge in [-0.25, -0.2) is 4.98 Å². The van der Waals surface area contributed by atoms with Crippen molar-refractivity contribution in [3.63, 3.8) is 0 Å². The molecule has 0 atom stereocenters. The molecule has 0 spiro atoms. The van der Waals surface area contributed by atoms with E-state index in [1.165, 1.54) is 6.07 Å². The SMILES string of the molecule is Cc1ccc(Nc2cc(C(=O)[O-])c3ccccc3n2)cc1. The van der Waals surface area contributed by atoms with Gasteiger partial charge in [0.15, 0.2) is 0 Å². The number of aromatic nitrogens is 1. The lowest BCUT2D eigenvalue weighted by atomic mass is 10.1. The van der Waals surface area contributed by atoms with Gasteiger partial charge >= 0.3 is 0 Å². The van der Waals surface area contributed by atoms with Crippen LogP contribution >= 0.6 is 0 Å². The Morgan fingerprint density at radius 3 is 2.52 bits per heavy atom. The summed E-state index contributed by atoms with van der Waals surface area (Å²) in [5.41, 5.74) is 2.76. The van der Waals surface area contributed by atoms with Crippen LogP contribution in [0.5, 0.6) is 0 Å². The molecule has 0 aliphatic rings. The molecule has 0 aliphatic carbocycles. The molecular formula is C17H13N2O2-. The molecule has 3 rings (SSSR count). The molecule has 0 amide bonds. The number of aromatic carboxylic acids is 1. The normalized spacial score (nSPS) is 10.5. The number of fused-ring (bicyclic) bond motifs is 1. The number of aryl methyl sites for hydroxylation is 1. The smallest absolute Gasteiger partial charge is 0.131 e. The molecule has 0 unspecified atom stereocenters. The zero-order valence-electron chi connectivity index (χ0n) is 11.5. The third-order valence-electron chi connectivity index (χ3n) is 3.26. The highest BCUT2D eigenvalue weighted by Gasteiger charge is 2.06. The van der Waals surface area contributed by atoms with Gasteiger partial charge in [-0.15, -0.1) is 0 Å². The average molecular weight is 277 g/mol. The van der Waals surface area contributed by atoms with Crippen molar-refractivity contribution in [2.45, 2.75) is 6.92 Å². The van der Waals surface area contributed by atoms with Crippen molar-refractivity contribution in [3.8, 4) is 0 Å². The number of nitrogens with one attached hydrogen (secondary N) is 1. The van der Waals surface area contributed by atoms with E-state index in [1.54, 1.807) is 18.2 Å². The molecule has 0 fully saturated rings. The topological polar surface area (TPSA) is 65.0 Å². The lowest BCUT2D eigenvalue weighted by Gasteiger charge is -2.12. The number of anilines is 2. The molecule has 2 aromatic carbocycles. The number of hydrogen-bond acceptors (Lipinski definition) is 4. The number of hydrogen-bond donors (Lipinski definition) is 1. The number of carboxylic acid groups (broad SMARTS) is 1. The summed E-state index contributed by atoms with van der Waals surface area (Å²) >= 11 is 0. The molecule has 1 N–H and O–H groups in total. The number of carbonyl (C=O) groups is 1. The summed E-state index contributed by atoms with van der Waals surface area (Å²) in [5, 5.41) is 15.0. The molecule has 3 aromatic rings. The van der Waals surface area contributed by atoms with Crippen molar-refractivity contribution >= 4 is 28.4 Å². The van der Waals surface area contributed by atoms with Crippen molar-refractivity contribution in [2.24, 2.45) is 0 Å². The Morgan fingerprint density at radius 2 is 1.81 bits per heavy atom. The second-order valence-corrected chi connectivity index (χ2v) is 4.85. The fourth-order valence-corrected chi connectivity index (χ4v) is 2.19. The van der Waals surface area contributed by atoms with Gasteiger partial charge < -0.3 is 15.2 Å². The average Bonchev–Trinajstić information content (AvgIpc) is 2.48. The zero-order valence-corrected chi connectivity index (χ0v) is 11.5. The zero-order chi connectivity index (χ0) is 14.8. The number of para-hydroxylation sites is 1. The molecule has 0 saturated carbocycles. The Morgan fingerprint density at radius 1 is 1.10 bits per heavy atom. The van der Waals surface area contributed by atoms with Gasteiger partial charge in [-0.05, 0) is 31.2 Å². The van der Waals surface area contributed by atoms with Gasteiger partial charge in [0.2, 0.25) is 0 Å². The number of benzene rings is 2. The minimum absolute atomic E-state index is 0.134. The third-order valence-corrected chi connectivity index (χ3v) is 3.26. The molecule has 1 heterocycles. The van der Waals surface area contributed by atoms with E-state index in [0.717, 1.165) is 11.3 Å². The summed E-state index contributed by atoms with van der Waals surface area (Å²) in [5.74, 6) is -0.725. The van der Waals surface area contributed by atoms with E-state index in [4.69, 9.17) is 0 Å². The minimum Gasteiger partial charge on any atom is -0.545 e. The summed E-state index contributed by atoms with van der Waals surface area (Å²) in [7, 11) is 0. The summed E-state index contributed by atoms with van der Waals surface area (Å²) in [6.07, 6.45) is 0. The minimum atomic E-state index is -1.21. The molecule has 0 saturated heterocycles. The van der Waals surface area contributed by atoms with Crippen LogP contribution in [0.3, 0.4) is 0 Å². The lowest BCUT2D eigenvalue weighted by Crippen LogP contribution is -2.22. The van der Waals surface area contributed by atoms with Crippen LogP contribution in [-0.2, 0) is 0 Å². The van der Waals surface area contributed by atoms with Crippen molar-refractivity contribution in [3.05, 3.63) is 65.7 Å². The first kappa shape index (κ1) is 13.1. The van der Waals surface area contributed by atoms with E-state index in [9.17, 15) is 9.90 Å². The summed E-state index contributed by atoms with van der Waals surface area (Å²) in [6.45, 7) is 2.01. The number of carbonyl (C=O) groups excluding carboxylic acids is 1. The maximum absolute atomic E-state index is 11.3. The van der Waals surface area contributed by atoms with Gasteiger partial charge in [0.25, 0.3) is 0 Å². The van der Waals surface area contributed by atoms with Gasteiger partial charge in [-0.1, -0.05) is 35.9 Å². The Balaban J connectivity index is 2.06. The van der Waals surface area contributed by atoms with Crippen molar-refractivity contribution in [1.82, 2.24) is 4.98 Å². The fraction of sp³-hybridized carbons (Fsp3) is 0.0588. The number of carboxylic acids is 1. The number of nitrogens with zero attached hydrogens (tertiary/aromatic N) is 1. The maximum atomic E-state index is 11.3. The predicted octanol–water partition coefficient (Wildman–Crippen LogP) is 2.65. The summed E-state index contributed by atoms with van der Waals surface area (Å²) < 4.78 is 0. The van der Waals surface area contributed by atoms with E-state index >= 15 is 0 Å². The second-order valence-electron chi connectivity index (χ2n) is 4.85. The molecule has 0 aliphatic heterocycles. The molecule has 4 heteroatoms. The highest BCUT2D eigenvalue weighted by Crippen LogP contribution is 2.23. The molecule has 1 aromatic heterocycles. The standard InChI is InChI=1S/C17H14N2O2/c1-11-6-8-12(9-7-11)18-16-10-14(17(20)21)13-4-2-3-5-15(13)19-16/h2-10H,1H3,(H,18,19)(H,20,21)/p-1. The maximum Gasteiger partial charge on any atom is 0.131 e. The highest BCUT2D eigenvalue weighted by atomic mass is 16.4. The lowest BCUT2D eigenvalue weighted by molar-refractivity contribution is -0.254. The van der Waals surface area contributed by atoms with Gasteiger partial charge in [0.1, 0.15) is 5.82 Å². The second kappa shape index (κ2) is 5.25. The van der Waals surface area contributed by atoms with Crippen molar-refractivity contribution < 1.29 is 9.90 Å². The Bertz CT molecular complexity index is 811. The molecule has 4 nitrogen and oxygen atoms in total.